The number of carbonyl (C=O) groups is 1. The van der Waals surface area contributed by atoms with E-state index in [0.29, 0.717) is 6.61 Å². The van der Waals surface area contributed by atoms with E-state index in [4.69, 9.17) is 14.2 Å². The number of aliphatic imine (C=N–C) groups is 1. The third kappa shape index (κ3) is 9.66. The van der Waals surface area contributed by atoms with Crippen LogP contribution in [0.15, 0.2) is 4.99 Å². The number of halogens is 1. The fourth-order valence-electron chi connectivity index (χ4n) is 4.12. The molecule has 1 atom stereocenters. The molecule has 1 unspecified atom stereocenters. The van der Waals surface area contributed by atoms with E-state index >= 15 is 0 Å². The number of guanidine groups is 1. The number of likely N-dealkylation sites (N-methyl/N-ethyl adjacent to an activating group) is 1. The van der Waals surface area contributed by atoms with Crippen molar-refractivity contribution in [3.8, 4) is 0 Å². The van der Waals surface area contributed by atoms with Crippen molar-refractivity contribution in [3.05, 3.63) is 0 Å². The molecule has 0 aromatic rings. The summed E-state index contributed by atoms with van der Waals surface area (Å²) in [6.45, 7) is 8.83. The molecule has 0 aliphatic carbocycles. The number of piperidine rings is 1. The highest BCUT2D eigenvalue weighted by atomic mass is 127. The molecule has 1 amide bonds. The summed E-state index contributed by atoms with van der Waals surface area (Å²) in [4.78, 5) is 22.9. The van der Waals surface area contributed by atoms with E-state index in [1.807, 2.05) is 0 Å². The maximum absolute atomic E-state index is 12.1. The highest BCUT2D eigenvalue weighted by Gasteiger charge is 2.24. The SMILES string of the molecule is CN(C)C(=O)CN=C(NCCN1CCOCC1)N1CCC(OCC2CCCCO2)CC1.I. The first-order valence-corrected chi connectivity index (χ1v) is 11.9. The zero-order chi connectivity index (χ0) is 21.9. The molecule has 3 aliphatic rings. The zero-order valence-electron chi connectivity index (χ0n) is 19.8. The highest BCUT2D eigenvalue weighted by Crippen LogP contribution is 2.18. The minimum Gasteiger partial charge on any atom is -0.379 e. The molecule has 3 aliphatic heterocycles. The van der Waals surface area contributed by atoms with Crippen molar-refractivity contribution in [3.63, 3.8) is 0 Å². The van der Waals surface area contributed by atoms with Crippen molar-refractivity contribution < 1.29 is 19.0 Å². The molecule has 10 heteroatoms. The first-order chi connectivity index (χ1) is 15.1. The van der Waals surface area contributed by atoms with Crippen LogP contribution in [-0.4, -0.2) is 125 Å². The third-order valence-corrected chi connectivity index (χ3v) is 6.21. The van der Waals surface area contributed by atoms with Gasteiger partial charge in [0.25, 0.3) is 0 Å². The standard InChI is InChI=1S/C22H41N5O4.HI/c1-25(2)21(28)17-24-22(23-8-11-26-12-15-29-16-13-26)27-9-6-19(7-10-27)31-18-20-5-3-4-14-30-20;/h19-20H,3-18H2,1-2H3,(H,23,24);1H. The molecule has 3 heterocycles. The van der Waals surface area contributed by atoms with E-state index in [2.05, 4.69) is 20.1 Å². The second kappa shape index (κ2) is 15.3. The van der Waals surface area contributed by atoms with Crippen LogP contribution in [0.4, 0.5) is 0 Å². The number of hydrogen-bond donors (Lipinski definition) is 1. The molecule has 0 aromatic heterocycles. The predicted octanol–water partition coefficient (Wildman–Crippen LogP) is 1.02. The van der Waals surface area contributed by atoms with Crippen LogP contribution in [0.5, 0.6) is 0 Å². The molecule has 0 aromatic carbocycles. The summed E-state index contributed by atoms with van der Waals surface area (Å²) < 4.78 is 17.4. The van der Waals surface area contributed by atoms with E-state index in [9.17, 15) is 4.79 Å². The smallest absolute Gasteiger partial charge is 0.243 e. The Labute approximate surface area is 210 Å². The molecule has 0 spiro atoms. The van der Waals surface area contributed by atoms with E-state index in [1.54, 1.807) is 19.0 Å². The Bertz CT molecular complexity index is 561. The van der Waals surface area contributed by atoms with Gasteiger partial charge in [-0.2, -0.15) is 0 Å². The van der Waals surface area contributed by atoms with E-state index in [0.717, 1.165) is 84.3 Å². The predicted molar refractivity (Wildman–Crippen MR) is 136 cm³/mol. The third-order valence-electron chi connectivity index (χ3n) is 6.21. The molecule has 32 heavy (non-hydrogen) atoms. The van der Waals surface area contributed by atoms with Crippen LogP contribution in [0.3, 0.4) is 0 Å². The van der Waals surface area contributed by atoms with Gasteiger partial charge in [-0.1, -0.05) is 0 Å². The van der Waals surface area contributed by atoms with Crippen molar-refractivity contribution >= 4 is 35.8 Å². The number of morpholine rings is 1. The van der Waals surface area contributed by atoms with Crippen molar-refractivity contribution in [1.29, 1.82) is 0 Å². The number of rotatable bonds is 8. The molecule has 1 N–H and O–H groups in total. The normalized spacial score (nSPS) is 23.5. The first kappa shape index (κ1) is 27.6. The van der Waals surface area contributed by atoms with Gasteiger partial charge in [0.2, 0.25) is 5.91 Å². The van der Waals surface area contributed by atoms with Crippen LogP contribution in [0, 0.1) is 0 Å². The van der Waals surface area contributed by atoms with Crippen molar-refractivity contribution in [2.24, 2.45) is 4.99 Å². The number of hydrogen-bond acceptors (Lipinski definition) is 6. The van der Waals surface area contributed by atoms with E-state index in [-0.39, 0.29) is 48.6 Å². The van der Waals surface area contributed by atoms with Gasteiger partial charge in [-0.05, 0) is 32.1 Å². The summed E-state index contributed by atoms with van der Waals surface area (Å²) >= 11 is 0. The topological polar surface area (TPSA) is 78.9 Å². The number of likely N-dealkylation sites (tertiary alicyclic amines) is 1. The fourth-order valence-corrected chi connectivity index (χ4v) is 4.12. The summed E-state index contributed by atoms with van der Waals surface area (Å²) in [5, 5.41) is 3.49. The van der Waals surface area contributed by atoms with Gasteiger partial charge in [0.05, 0.1) is 32.0 Å². The zero-order valence-corrected chi connectivity index (χ0v) is 22.1. The van der Waals surface area contributed by atoms with Gasteiger partial charge in [-0.3, -0.25) is 9.69 Å². The maximum atomic E-state index is 12.1. The molecule has 3 rings (SSSR count). The minimum absolute atomic E-state index is 0. The number of ether oxygens (including phenoxy) is 3. The number of amides is 1. The monoisotopic (exact) mass is 567 g/mol. The molecule has 0 bridgehead atoms. The summed E-state index contributed by atoms with van der Waals surface area (Å²) in [5.41, 5.74) is 0. The van der Waals surface area contributed by atoms with Crippen molar-refractivity contribution in [2.45, 2.75) is 44.3 Å². The van der Waals surface area contributed by atoms with Crippen LogP contribution in [0.2, 0.25) is 0 Å². The molecule has 0 radical (unpaired) electrons. The Morgan fingerprint density at radius 2 is 1.84 bits per heavy atom. The van der Waals surface area contributed by atoms with Crippen LogP contribution in [0.1, 0.15) is 32.1 Å². The molecule has 0 saturated carbocycles. The fraction of sp³-hybridized carbons (Fsp3) is 0.909. The molecule has 9 nitrogen and oxygen atoms in total. The largest absolute Gasteiger partial charge is 0.379 e. The lowest BCUT2D eigenvalue weighted by Crippen LogP contribution is -2.49. The lowest BCUT2D eigenvalue weighted by molar-refractivity contribution is -0.127. The average molecular weight is 568 g/mol. The number of nitrogens with zero attached hydrogens (tertiary/aromatic N) is 4. The Morgan fingerprint density at radius 3 is 2.50 bits per heavy atom. The molecular weight excluding hydrogens is 525 g/mol. The van der Waals surface area contributed by atoms with Gasteiger partial charge in [-0.15, -0.1) is 24.0 Å². The van der Waals surface area contributed by atoms with Crippen LogP contribution < -0.4 is 5.32 Å². The van der Waals surface area contributed by atoms with Crippen LogP contribution >= 0.6 is 24.0 Å². The Morgan fingerprint density at radius 1 is 1.09 bits per heavy atom. The van der Waals surface area contributed by atoms with Crippen molar-refractivity contribution in [2.75, 3.05) is 86.3 Å². The van der Waals surface area contributed by atoms with Gasteiger partial charge >= 0.3 is 0 Å². The van der Waals surface area contributed by atoms with E-state index in [1.165, 1.54) is 12.8 Å². The maximum Gasteiger partial charge on any atom is 0.243 e. The number of carbonyl (C=O) groups excluding carboxylic acids is 1. The first-order valence-electron chi connectivity index (χ1n) is 11.9. The van der Waals surface area contributed by atoms with Crippen molar-refractivity contribution in [1.82, 2.24) is 20.0 Å². The number of nitrogens with one attached hydrogen (secondary N) is 1. The quantitative estimate of drug-likeness (QED) is 0.267. The molecule has 3 saturated heterocycles. The van der Waals surface area contributed by atoms with Gasteiger partial charge in [0.1, 0.15) is 6.54 Å². The lowest BCUT2D eigenvalue weighted by atomic mass is 10.1. The average Bonchev–Trinajstić information content (AvgIpc) is 2.81. The van der Waals surface area contributed by atoms with Gasteiger partial charge in [-0.25, -0.2) is 4.99 Å². The van der Waals surface area contributed by atoms with Gasteiger partial charge < -0.3 is 29.3 Å². The second-order valence-corrected chi connectivity index (χ2v) is 8.82. The van der Waals surface area contributed by atoms with Crippen LogP contribution in [0.25, 0.3) is 0 Å². The summed E-state index contributed by atoms with van der Waals surface area (Å²) in [7, 11) is 3.53. The van der Waals surface area contributed by atoms with Gasteiger partial charge in [0.15, 0.2) is 5.96 Å². The highest BCUT2D eigenvalue weighted by molar-refractivity contribution is 14.0. The van der Waals surface area contributed by atoms with E-state index < -0.39 is 0 Å². The van der Waals surface area contributed by atoms with Crippen LogP contribution in [-0.2, 0) is 19.0 Å². The summed E-state index contributed by atoms with van der Waals surface area (Å²) in [6.07, 6.45) is 6.02. The summed E-state index contributed by atoms with van der Waals surface area (Å²) in [6, 6.07) is 0. The molecule has 186 valence electrons. The molecule has 3 fully saturated rings. The second-order valence-electron chi connectivity index (χ2n) is 8.82. The lowest BCUT2D eigenvalue weighted by Gasteiger charge is -2.35. The Hall–Kier alpha value is -0.690. The molecular formula is C22H42IN5O4. The minimum atomic E-state index is 0. The van der Waals surface area contributed by atoms with Gasteiger partial charge in [0, 0.05) is 60.0 Å². The summed E-state index contributed by atoms with van der Waals surface area (Å²) in [5.74, 6) is 0.843. The Balaban J connectivity index is 0.00000363. The Kier molecular flexibility index (Phi) is 13.1.